The summed E-state index contributed by atoms with van der Waals surface area (Å²) in [5.74, 6) is -0.00592. The number of thiazole rings is 1. The van der Waals surface area contributed by atoms with Gasteiger partial charge in [0, 0.05) is 35.3 Å². The lowest BCUT2D eigenvalue weighted by Gasteiger charge is -2.04. The Morgan fingerprint density at radius 1 is 1.08 bits per heavy atom. The van der Waals surface area contributed by atoms with Crippen LogP contribution in [0.2, 0.25) is 5.02 Å². The highest BCUT2D eigenvalue weighted by Gasteiger charge is 2.08. The Bertz CT molecular complexity index is 851. The van der Waals surface area contributed by atoms with Crippen molar-refractivity contribution in [3.63, 3.8) is 0 Å². The molecule has 1 N–H and O–H groups in total. The fourth-order valence-corrected chi connectivity index (χ4v) is 3.60. The van der Waals surface area contributed by atoms with E-state index >= 15 is 0 Å². The van der Waals surface area contributed by atoms with Crippen LogP contribution in [0, 0.1) is 0 Å². The number of hydrogen-bond donors (Lipinski definition) is 1. The van der Waals surface area contributed by atoms with Gasteiger partial charge in [-0.1, -0.05) is 29.8 Å². The molecular weight excluding hydrogens is 366 g/mol. The number of benzene rings is 1. The minimum Gasteiger partial charge on any atom is -0.355 e. The molecule has 2 heterocycles. The molecule has 0 aliphatic rings. The van der Waals surface area contributed by atoms with E-state index in [1.807, 2.05) is 47.8 Å². The largest absolute Gasteiger partial charge is 0.355 e. The number of pyridine rings is 1. The van der Waals surface area contributed by atoms with Crippen LogP contribution in [0.3, 0.4) is 0 Å². The molecule has 3 aromatic rings. The van der Waals surface area contributed by atoms with Crippen molar-refractivity contribution >= 4 is 28.8 Å². The van der Waals surface area contributed by atoms with E-state index < -0.39 is 0 Å². The Morgan fingerprint density at radius 2 is 2.00 bits per heavy atom. The maximum atomic E-state index is 12.1. The van der Waals surface area contributed by atoms with Crippen molar-refractivity contribution in [3.05, 3.63) is 81.0 Å². The summed E-state index contributed by atoms with van der Waals surface area (Å²) in [5.41, 5.74) is 3.00. The lowest BCUT2D eigenvalue weighted by atomic mass is 10.1. The summed E-state index contributed by atoms with van der Waals surface area (Å²) < 4.78 is 0. The average molecular weight is 386 g/mol. The third-order valence-electron chi connectivity index (χ3n) is 3.89. The summed E-state index contributed by atoms with van der Waals surface area (Å²) in [4.78, 5) is 20.9. The van der Waals surface area contributed by atoms with Crippen molar-refractivity contribution in [1.82, 2.24) is 15.3 Å². The SMILES string of the molecule is O=C(Cc1csc(CCc2ccccn2)n1)NCCc1cccc(Cl)c1. The Balaban J connectivity index is 1.41. The molecule has 0 fully saturated rings. The normalized spacial score (nSPS) is 10.7. The topological polar surface area (TPSA) is 54.9 Å². The van der Waals surface area contributed by atoms with Gasteiger partial charge in [-0.25, -0.2) is 4.98 Å². The number of halogens is 1. The highest BCUT2D eigenvalue weighted by atomic mass is 35.5. The van der Waals surface area contributed by atoms with E-state index in [0.29, 0.717) is 13.0 Å². The first kappa shape index (κ1) is 18.5. The van der Waals surface area contributed by atoms with Crippen molar-refractivity contribution in [2.24, 2.45) is 0 Å². The summed E-state index contributed by atoms with van der Waals surface area (Å²) in [6.45, 7) is 0.593. The van der Waals surface area contributed by atoms with E-state index in [-0.39, 0.29) is 5.91 Å². The van der Waals surface area contributed by atoms with Crippen molar-refractivity contribution in [3.8, 4) is 0 Å². The Morgan fingerprint density at radius 3 is 2.81 bits per heavy atom. The molecule has 1 aromatic carbocycles. The quantitative estimate of drug-likeness (QED) is 0.640. The molecule has 0 unspecified atom stereocenters. The zero-order valence-corrected chi connectivity index (χ0v) is 15.9. The van der Waals surface area contributed by atoms with E-state index in [1.165, 1.54) is 0 Å². The third kappa shape index (κ3) is 5.93. The second kappa shape index (κ2) is 9.46. The van der Waals surface area contributed by atoms with Gasteiger partial charge in [-0.3, -0.25) is 9.78 Å². The second-order valence-corrected chi connectivity index (χ2v) is 7.34. The summed E-state index contributed by atoms with van der Waals surface area (Å²) in [7, 11) is 0. The molecule has 3 rings (SSSR count). The lowest BCUT2D eigenvalue weighted by Crippen LogP contribution is -2.27. The van der Waals surface area contributed by atoms with E-state index in [1.54, 1.807) is 17.5 Å². The van der Waals surface area contributed by atoms with Gasteiger partial charge >= 0.3 is 0 Å². The first-order chi connectivity index (χ1) is 12.7. The highest BCUT2D eigenvalue weighted by molar-refractivity contribution is 7.09. The number of rotatable bonds is 8. The van der Waals surface area contributed by atoms with E-state index in [2.05, 4.69) is 15.3 Å². The summed E-state index contributed by atoms with van der Waals surface area (Å²) >= 11 is 7.56. The van der Waals surface area contributed by atoms with Gasteiger partial charge in [-0.05, 0) is 42.7 Å². The summed E-state index contributed by atoms with van der Waals surface area (Å²) in [6.07, 6.45) is 4.59. The van der Waals surface area contributed by atoms with E-state index in [9.17, 15) is 4.79 Å². The van der Waals surface area contributed by atoms with Crippen molar-refractivity contribution < 1.29 is 4.79 Å². The van der Waals surface area contributed by atoms with Crippen LogP contribution in [0.5, 0.6) is 0 Å². The average Bonchev–Trinajstić information content (AvgIpc) is 3.08. The molecule has 0 radical (unpaired) electrons. The van der Waals surface area contributed by atoms with Crippen LogP contribution < -0.4 is 5.32 Å². The van der Waals surface area contributed by atoms with Crippen LogP contribution >= 0.6 is 22.9 Å². The van der Waals surface area contributed by atoms with Gasteiger partial charge in [-0.15, -0.1) is 11.3 Å². The van der Waals surface area contributed by atoms with Gasteiger partial charge in [-0.2, -0.15) is 0 Å². The van der Waals surface area contributed by atoms with Crippen molar-refractivity contribution in [1.29, 1.82) is 0 Å². The van der Waals surface area contributed by atoms with Crippen LogP contribution in [-0.2, 0) is 30.5 Å². The van der Waals surface area contributed by atoms with Crippen LogP contribution in [0.4, 0.5) is 0 Å². The highest BCUT2D eigenvalue weighted by Crippen LogP contribution is 2.13. The number of carbonyl (C=O) groups excluding carboxylic acids is 1. The van der Waals surface area contributed by atoms with Crippen molar-refractivity contribution in [2.45, 2.75) is 25.7 Å². The van der Waals surface area contributed by atoms with Gasteiger partial charge in [0.2, 0.25) is 5.91 Å². The van der Waals surface area contributed by atoms with Crippen LogP contribution in [-0.4, -0.2) is 22.4 Å². The number of aryl methyl sites for hydroxylation is 2. The van der Waals surface area contributed by atoms with E-state index in [4.69, 9.17) is 11.6 Å². The minimum atomic E-state index is -0.00592. The molecule has 0 spiro atoms. The molecule has 26 heavy (non-hydrogen) atoms. The first-order valence-corrected chi connectivity index (χ1v) is 9.79. The summed E-state index contributed by atoms with van der Waals surface area (Å²) in [6, 6.07) is 13.6. The number of nitrogens with zero attached hydrogens (tertiary/aromatic N) is 2. The van der Waals surface area contributed by atoms with Crippen LogP contribution in [0.1, 0.15) is 22.0 Å². The minimum absolute atomic E-state index is 0.00592. The maximum Gasteiger partial charge on any atom is 0.226 e. The molecule has 4 nitrogen and oxygen atoms in total. The van der Waals surface area contributed by atoms with Crippen LogP contribution in [0.25, 0.3) is 0 Å². The molecule has 134 valence electrons. The second-order valence-electron chi connectivity index (χ2n) is 5.96. The molecular formula is C20H20ClN3OS. The van der Waals surface area contributed by atoms with Crippen molar-refractivity contribution in [2.75, 3.05) is 6.54 Å². The third-order valence-corrected chi connectivity index (χ3v) is 5.08. The monoisotopic (exact) mass is 385 g/mol. The summed E-state index contributed by atoms with van der Waals surface area (Å²) in [5, 5.41) is 6.66. The molecule has 6 heteroatoms. The predicted octanol–water partition coefficient (Wildman–Crippen LogP) is 3.88. The van der Waals surface area contributed by atoms with Gasteiger partial charge in [0.25, 0.3) is 0 Å². The molecule has 0 aliphatic heterocycles. The molecule has 1 amide bonds. The molecule has 0 bridgehead atoms. The lowest BCUT2D eigenvalue weighted by molar-refractivity contribution is -0.120. The van der Waals surface area contributed by atoms with Gasteiger partial charge in [0.05, 0.1) is 17.1 Å². The Labute approximate surface area is 162 Å². The zero-order chi connectivity index (χ0) is 18.2. The smallest absolute Gasteiger partial charge is 0.226 e. The Kier molecular flexibility index (Phi) is 6.75. The Hall–Kier alpha value is -2.24. The number of nitrogens with one attached hydrogen (secondary N) is 1. The van der Waals surface area contributed by atoms with Gasteiger partial charge in [0.1, 0.15) is 0 Å². The number of carbonyl (C=O) groups is 1. The number of hydrogen-bond acceptors (Lipinski definition) is 4. The number of amides is 1. The molecule has 0 atom stereocenters. The zero-order valence-electron chi connectivity index (χ0n) is 14.3. The van der Waals surface area contributed by atoms with Gasteiger partial charge < -0.3 is 5.32 Å². The number of aromatic nitrogens is 2. The molecule has 0 saturated heterocycles. The molecule has 2 aromatic heterocycles. The maximum absolute atomic E-state index is 12.1. The molecule has 0 aliphatic carbocycles. The fourth-order valence-electron chi connectivity index (χ4n) is 2.59. The predicted molar refractivity (Wildman–Crippen MR) is 106 cm³/mol. The first-order valence-electron chi connectivity index (χ1n) is 8.53. The van der Waals surface area contributed by atoms with E-state index in [0.717, 1.165) is 46.2 Å². The van der Waals surface area contributed by atoms with Crippen LogP contribution in [0.15, 0.2) is 54.0 Å². The fraction of sp³-hybridized carbons (Fsp3) is 0.250. The van der Waals surface area contributed by atoms with Gasteiger partial charge in [0.15, 0.2) is 0 Å². The standard InChI is InChI=1S/C20H20ClN3OS/c21-16-5-3-4-15(12-16)9-11-23-19(25)13-18-14-26-20(24-18)8-7-17-6-1-2-10-22-17/h1-6,10,12,14H,7-9,11,13H2,(H,23,25). The molecule has 0 saturated carbocycles.